The van der Waals surface area contributed by atoms with Crippen LogP contribution in [-0.2, 0) is 4.74 Å². The number of nitrogens with one attached hydrogen (secondary N) is 1. The summed E-state index contributed by atoms with van der Waals surface area (Å²) < 4.78 is 16.3. The van der Waals surface area contributed by atoms with Crippen molar-refractivity contribution in [2.24, 2.45) is 0 Å². The number of benzene rings is 2. The first-order chi connectivity index (χ1) is 16.6. The van der Waals surface area contributed by atoms with Crippen molar-refractivity contribution in [2.75, 3.05) is 51.5 Å². The third-order valence-electron chi connectivity index (χ3n) is 5.48. The number of morpholine rings is 1. The summed E-state index contributed by atoms with van der Waals surface area (Å²) >= 11 is 0. The lowest BCUT2D eigenvalue weighted by atomic mass is 10.1. The second-order valence-electron chi connectivity index (χ2n) is 7.89. The number of carbonyl (C=O) groups is 1. The topological polar surface area (TPSA) is 93.1 Å². The van der Waals surface area contributed by atoms with Crippen LogP contribution >= 0.6 is 0 Å². The minimum atomic E-state index is -0.876. The van der Waals surface area contributed by atoms with Gasteiger partial charge in [-0.1, -0.05) is 36.4 Å². The van der Waals surface area contributed by atoms with Crippen molar-refractivity contribution in [3.63, 3.8) is 0 Å². The van der Waals surface area contributed by atoms with Crippen molar-refractivity contribution in [1.82, 2.24) is 10.3 Å². The fourth-order valence-electron chi connectivity index (χ4n) is 3.66. The zero-order valence-electron chi connectivity index (χ0n) is 19.1. The number of methoxy groups -OCH3 is 1. The second-order valence-corrected chi connectivity index (χ2v) is 7.89. The average Bonchev–Trinajstić information content (AvgIpc) is 2.91. The Hall–Kier alpha value is -3.62. The van der Waals surface area contributed by atoms with E-state index in [0.717, 1.165) is 11.3 Å². The molecule has 3 aromatic rings. The van der Waals surface area contributed by atoms with Crippen LogP contribution in [0.25, 0.3) is 11.3 Å². The fraction of sp³-hybridized carbons (Fsp3) is 0.308. The molecular weight excluding hydrogens is 434 g/mol. The first kappa shape index (κ1) is 23.5. The summed E-state index contributed by atoms with van der Waals surface area (Å²) in [6.45, 7) is 2.56. The highest BCUT2D eigenvalue weighted by molar-refractivity contribution is 5.99. The summed E-state index contributed by atoms with van der Waals surface area (Å²) in [6, 6.07) is 20.6. The van der Waals surface area contributed by atoms with E-state index in [9.17, 15) is 9.90 Å². The van der Waals surface area contributed by atoms with Gasteiger partial charge in [0.1, 0.15) is 30.0 Å². The largest absolute Gasteiger partial charge is 0.497 e. The third-order valence-corrected chi connectivity index (χ3v) is 5.48. The predicted octanol–water partition coefficient (Wildman–Crippen LogP) is 2.76. The van der Waals surface area contributed by atoms with Crippen LogP contribution in [0.1, 0.15) is 10.4 Å². The molecule has 1 atom stereocenters. The lowest BCUT2D eigenvalue weighted by Gasteiger charge is -2.29. The lowest BCUT2D eigenvalue weighted by molar-refractivity contribution is 0.0842. The van der Waals surface area contributed by atoms with Crippen molar-refractivity contribution >= 4 is 11.7 Å². The predicted molar refractivity (Wildman–Crippen MR) is 130 cm³/mol. The molecule has 0 radical (unpaired) electrons. The Kier molecular flexibility index (Phi) is 7.95. The lowest BCUT2D eigenvalue weighted by Crippen LogP contribution is -2.40. The number of aliphatic hydroxyl groups is 1. The van der Waals surface area contributed by atoms with E-state index in [1.165, 1.54) is 0 Å². The molecule has 1 aliphatic heterocycles. The first-order valence-corrected chi connectivity index (χ1v) is 11.3. The Morgan fingerprint density at radius 1 is 1.09 bits per heavy atom. The van der Waals surface area contributed by atoms with Gasteiger partial charge in [0.2, 0.25) is 0 Å². The van der Waals surface area contributed by atoms with Crippen LogP contribution in [-0.4, -0.2) is 68.7 Å². The van der Waals surface area contributed by atoms with E-state index in [1.54, 1.807) is 25.3 Å². The molecule has 1 saturated heterocycles. The number of carbonyl (C=O) groups excluding carboxylic acids is 1. The van der Waals surface area contributed by atoms with E-state index in [0.29, 0.717) is 49.2 Å². The van der Waals surface area contributed by atoms with Crippen LogP contribution in [0.4, 0.5) is 5.82 Å². The molecule has 0 unspecified atom stereocenters. The molecule has 0 spiro atoms. The third kappa shape index (κ3) is 6.03. The maximum Gasteiger partial charge on any atom is 0.255 e. The van der Waals surface area contributed by atoms with Gasteiger partial charge in [-0.3, -0.25) is 4.79 Å². The monoisotopic (exact) mass is 463 g/mol. The molecule has 1 aliphatic rings. The highest BCUT2D eigenvalue weighted by Crippen LogP contribution is 2.25. The number of aromatic nitrogens is 1. The molecule has 4 rings (SSSR count). The van der Waals surface area contributed by atoms with E-state index in [2.05, 4.69) is 10.2 Å². The number of pyridine rings is 1. The van der Waals surface area contributed by atoms with Crippen molar-refractivity contribution in [3.8, 4) is 22.8 Å². The molecule has 2 aromatic carbocycles. The summed E-state index contributed by atoms with van der Waals surface area (Å²) in [7, 11) is 1.58. The number of hydrogen-bond acceptors (Lipinski definition) is 7. The molecule has 178 valence electrons. The number of rotatable bonds is 9. The second kappa shape index (κ2) is 11.5. The van der Waals surface area contributed by atoms with Gasteiger partial charge in [-0.05, 0) is 24.3 Å². The maximum atomic E-state index is 13.0. The molecule has 1 fully saturated rings. The molecular formula is C26H29N3O5. The van der Waals surface area contributed by atoms with Gasteiger partial charge in [0.15, 0.2) is 0 Å². The average molecular weight is 464 g/mol. The summed E-state index contributed by atoms with van der Waals surface area (Å²) in [6.07, 6.45) is -0.876. The molecule has 8 heteroatoms. The fourth-order valence-corrected chi connectivity index (χ4v) is 3.66. The number of anilines is 1. The van der Waals surface area contributed by atoms with E-state index >= 15 is 0 Å². The molecule has 34 heavy (non-hydrogen) atoms. The molecule has 0 bridgehead atoms. The smallest absolute Gasteiger partial charge is 0.255 e. The molecule has 0 aliphatic carbocycles. The number of amides is 1. The SMILES string of the molecule is COc1cccc(OC[C@H](O)CNC(=O)c2ccc(-c3ccccc3)nc2N2CCOCC2)c1. The normalized spacial score (nSPS) is 14.4. The zero-order valence-corrected chi connectivity index (χ0v) is 19.1. The molecule has 1 amide bonds. The van der Waals surface area contributed by atoms with Crippen LogP contribution < -0.4 is 19.7 Å². The van der Waals surface area contributed by atoms with Crippen molar-refractivity contribution in [2.45, 2.75) is 6.10 Å². The van der Waals surface area contributed by atoms with Crippen LogP contribution in [0.3, 0.4) is 0 Å². The number of aliphatic hydroxyl groups excluding tert-OH is 1. The minimum Gasteiger partial charge on any atom is -0.497 e. The number of nitrogens with zero attached hydrogens (tertiary/aromatic N) is 2. The Bertz CT molecular complexity index is 1090. The molecule has 2 N–H and O–H groups in total. The Morgan fingerprint density at radius 2 is 1.85 bits per heavy atom. The van der Waals surface area contributed by atoms with E-state index in [-0.39, 0.29) is 19.1 Å². The van der Waals surface area contributed by atoms with Gasteiger partial charge in [-0.2, -0.15) is 0 Å². The van der Waals surface area contributed by atoms with Gasteiger partial charge in [-0.15, -0.1) is 0 Å². The van der Waals surface area contributed by atoms with Gasteiger partial charge in [0, 0.05) is 31.3 Å². The minimum absolute atomic E-state index is 0.0367. The first-order valence-electron chi connectivity index (χ1n) is 11.3. The number of ether oxygens (including phenoxy) is 3. The summed E-state index contributed by atoms with van der Waals surface area (Å²) in [4.78, 5) is 19.9. The van der Waals surface area contributed by atoms with Gasteiger partial charge in [0.25, 0.3) is 5.91 Å². The van der Waals surface area contributed by atoms with Gasteiger partial charge in [-0.25, -0.2) is 4.98 Å². The summed E-state index contributed by atoms with van der Waals surface area (Å²) in [5.41, 5.74) is 2.24. The standard InChI is InChI=1S/C26H29N3O5/c1-32-21-8-5-9-22(16-21)34-18-20(30)17-27-26(31)23-10-11-24(19-6-3-2-4-7-19)28-25(23)29-12-14-33-15-13-29/h2-11,16,20,30H,12-15,17-18H2,1H3,(H,27,31)/t20-/m1/s1. The molecule has 0 saturated carbocycles. The van der Waals surface area contributed by atoms with Crippen molar-refractivity contribution in [1.29, 1.82) is 0 Å². The Labute approximate surface area is 199 Å². The van der Waals surface area contributed by atoms with Crippen molar-refractivity contribution in [3.05, 3.63) is 72.3 Å². The van der Waals surface area contributed by atoms with Gasteiger partial charge < -0.3 is 29.5 Å². The zero-order chi connectivity index (χ0) is 23.8. The van der Waals surface area contributed by atoms with E-state index in [1.807, 2.05) is 48.5 Å². The van der Waals surface area contributed by atoms with Crippen LogP contribution in [0.15, 0.2) is 66.7 Å². The van der Waals surface area contributed by atoms with E-state index in [4.69, 9.17) is 19.2 Å². The summed E-state index contributed by atoms with van der Waals surface area (Å²) in [5, 5.41) is 13.1. The van der Waals surface area contributed by atoms with Gasteiger partial charge in [0.05, 0.1) is 31.6 Å². The highest BCUT2D eigenvalue weighted by atomic mass is 16.5. The highest BCUT2D eigenvalue weighted by Gasteiger charge is 2.22. The van der Waals surface area contributed by atoms with Crippen LogP contribution in [0, 0.1) is 0 Å². The van der Waals surface area contributed by atoms with Crippen LogP contribution in [0.5, 0.6) is 11.5 Å². The molecule has 8 nitrogen and oxygen atoms in total. The van der Waals surface area contributed by atoms with E-state index < -0.39 is 6.10 Å². The molecule has 1 aromatic heterocycles. The van der Waals surface area contributed by atoms with Crippen LogP contribution in [0.2, 0.25) is 0 Å². The Balaban J connectivity index is 1.42. The van der Waals surface area contributed by atoms with Crippen molar-refractivity contribution < 1.29 is 24.1 Å². The Morgan fingerprint density at radius 3 is 2.62 bits per heavy atom. The number of hydrogen-bond donors (Lipinski definition) is 2. The maximum absolute atomic E-state index is 13.0. The quantitative estimate of drug-likeness (QED) is 0.504. The van der Waals surface area contributed by atoms with Gasteiger partial charge >= 0.3 is 0 Å². The summed E-state index contributed by atoms with van der Waals surface area (Å²) in [5.74, 6) is 1.57. The molecule has 2 heterocycles.